The summed E-state index contributed by atoms with van der Waals surface area (Å²) in [6, 6.07) is 12.9. The number of pyridine rings is 1. The van der Waals surface area contributed by atoms with Crippen LogP contribution in [0.4, 0.5) is 5.82 Å². The third-order valence-electron chi connectivity index (χ3n) is 3.31. The Morgan fingerprint density at radius 3 is 2.38 bits per heavy atom. The fourth-order valence-corrected chi connectivity index (χ4v) is 2.71. The number of thioether (sulfide) groups is 1. The van der Waals surface area contributed by atoms with Gasteiger partial charge in [-0.2, -0.15) is 0 Å². The Morgan fingerprint density at radius 2 is 1.76 bits per heavy atom. The maximum Gasteiger partial charge on any atom is 0.127 e. The zero-order valence-corrected chi connectivity index (χ0v) is 14.0. The van der Waals surface area contributed by atoms with Crippen LogP contribution in [0.25, 0.3) is 0 Å². The van der Waals surface area contributed by atoms with Gasteiger partial charge in [0.05, 0.1) is 0 Å². The molecule has 2 aromatic rings. The van der Waals surface area contributed by atoms with Crippen molar-refractivity contribution < 1.29 is 0 Å². The second-order valence-corrected chi connectivity index (χ2v) is 6.32. The molecule has 0 spiro atoms. The van der Waals surface area contributed by atoms with Gasteiger partial charge in [-0.05, 0) is 42.6 Å². The second-order valence-electron chi connectivity index (χ2n) is 5.44. The Balaban J connectivity index is 1.95. The largest absolute Gasteiger partial charge is 0.363 e. The van der Waals surface area contributed by atoms with Gasteiger partial charge in [0.25, 0.3) is 0 Å². The average molecular weight is 301 g/mol. The molecule has 0 aliphatic heterocycles. The van der Waals surface area contributed by atoms with Gasteiger partial charge in [-0.1, -0.05) is 18.2 Å². The molecule has 0 saturated heterocycles. The molecule has 1 aromatic carbocycles. The van der Waals surface area contributed by atoms with E-state index >= 15 is 0 Å². The molecule has 1 heterocycles. The van der Waals surface area contributed by atoms with E-state index in [4.69, 9.17) is 0 Å². The minimum absolute atomic E-state index is 0.907. The van der Waals surface area contributed by atoms with Gasteiger partial charge in [-0.25, -0.2) is 4.98 Å². The van der Waals surface area contributed by atoms with Crippen LogP contribution in [0.15, 0.2) is 47.5 Å². The Bertz CT molecular complexity index is 567. The summed E-state index contributed by atoms with van der Waals surface area (Å²) in [5.74, 6) is 0.995. The smallest absolute Gasteiger partial charge is 0.127 e. The molecule has 21 heavy (non-hydrogen) atoms. The van der Waals surface area contributed by atoms with Crippen molar-refractivity contribution >= 4 is 17.6 Å². The first-order valence-corrected chi connectivity index (χ1v) is 8.24. The van der Waals surface area contributed by atoms with Gasteiger partial charge >= 0.3 is 0 Å². The molecule has 0 saturated carbocycles. The minimum Gasteiger partial charge on any atom is -0.363 e. The molecular formula is C17H23N3S. The number of hydrogen-bond donors (Lipinski definition) is 0. The van der Waals surface area contributed by atoms with E-state index in [-0.39, 0.29) is 0 Å². The number of anilines is 1. The first-order chi connectivity index (χ1) is 10.1. The number of aromatic nitrogens is 1. The molecule has 0 bridgehead atoms. The van der Waals surface area contributed by atoms with Crippen LogP contribution in [-0.4, -0.2) is 37.3 Å². The number of hydrogen-bond acceptors (Lipinski definition) is 4. The molecule has 0 unspecified atom stereocenters. The van der Waals surface area contributed by atoms with Crippen LogP contribution in [0.5, 0.6) is 0 Å². The first-order valence-electron chi connectivity index (χ1n) is 7.02. The molecule has 0 aliphatic carbocycles. The fourth-order valence-electron chi connectivity index (χ4n) is 2.22. The highest BCUT2D eigenvalue weighted by atomic mass is 32.2. The summed E-state index contributed by atoms with van der Waals surface area (Å²) in [5, 5.41) is 0. The van der Waals surface area contributed by atoms with Crippen LogP contribution in [0.2, 0.25) is 0 Å². The molecule has 0 N–H and O–H groups in total. The van der Waals surface area contributed by atoms with Crippen molar-refractivity contribution in [3.05, 3.63) is 53.7 Å². The van der Waals surface area contributed by atoms with Crippen LogP contribution in [0.3, 0.4) is 0 Å². The molecule has 0 aliphatic rings. The van der Waals surface area contributed by atoms with E-state index in [0.29, 0.717) is 0 Å². The normalized spacial score (nSPS) is 10.9. The van der Waals surface area contributed by atoms with Gasteiger partial charge < -0.3 is 4.90 Å². The van der Waals surface area contributed by atoms with E-state index < -0.39 is 0 Å². The Labute approximate surface area is 132 Å². The highest BCUT2D eigenvalue weighted by Crippen LogP contribution is 2.17. The van der Waals surface area contributed by atoms with Gasteiger partial charge in [0.1, 0.15) is 5.82 Å². The zero-order chi connectivity index (χ0) is 15.2. The van der Waals surface area contributed by atoms with Crippen LogP contribution >= 0.6 is 11.8 Å². The summed E-state index contributed by atoms with van der Waals surface area (Å²) in [4.78, 5) is 10.1. The quantitative estimate of drug-likeness (QED) is 0.760. The second kappa shape index (κ2) is 7.48. The molecule has 0 fully saturated rings. The van der Waals surface area contributed by atoms with E-state index in [2.05, 4.69) is 59.6 Å². The molecule has 1 aromatic heterocycles. The highest BCUT2D eigenvalue weighted by Gasteiger charge is 2.04. The summed E-state index contributed by atoms with van der Waals surface area (Å²) < 4.78 is 0. The van der Waals surface area contributed by atoms with Gasteiger partial charge in [-0.15, -0.1) is 11.8 Å². The van der Waals surface area contributed by atoms with Gasteiger partial charge in [0.2, 0.25) is 0 Å². The predicted octanol–water partition coefficient (Wildman–Crippen LogP) is 3.50. The number of rotatable bonds is 6. The molecular weight excluding hydrogens is 278 g/mol. The maximum absolute atomic E-state index is 4.46. The predicted molar refractivity (Wildman–Crippen MR) is 92.0 cm³/mol. The monoisotopic (exact) mass is 301 g/mol. The lowest BCUT2D eigenvalue weighted by atomic mass is 10.2. The number of nitrogens with zero attached hydrogens (tertiary/aromatic N) is 3. The third kappa shape index (κ3) is 4.76. The molecule has 0 amide bonds. The summed E-state index contributed by atoms with van der Waals surface area (Å²) in [7, 11) is 6.16. The summed E-state index contributed by atoms with van der Waals surface area (Å²) >= 11 is 1.79. The highest BCUT2D eigenvalue weighted by molar-refractivity contribution is 7.98. The molecule has 0 atom stereocenters. The number of benzene rings is 1. The van der Waals surface area contributed by atoms with Crippen molar-refractivity contribution in [1.82, 2.24) is 9.88 Å². The molecule has 0 radical (unpaired) electrons. The minimum atomic E-state index is 0.907. The standard InChI is InChI=1S/C17H23N3S/c1-19(2)17-9-8-15(11-18-17)13-20(3)12-14-6-5-7-16(10-14)21-4/h5-11H,12-13H2,1-4H3. The van der Waals surface area contributed by atoms with Crippen LogP contribution in [0.1, 0.15) is 11.1 Å². The molecule has 4 heteroatoms. The van der Waals surface area contributed by atoms with Crippen LogP contribution in [-0.2, 0) is 13.1 Å². The van der Waals surface area contributed by atoms with E-state index in [1.54, 1.807) is 11.8 Å². The fraction of sp³-hybridized carbons (Fsp3) is 0.353. The lowest BCUT2D eigenvalue weighted by Crippen LogP contribution is -2.17. The Kier molecular flexibility index (Phi) is 5.65. The van der Waals surface area contributed by atoms with E-state index in [1.165, 1.54) is 16.0 Å². The van der Waals surface area contributed by atoms with Crippen molar-refractivity contribution in [1.29, 1.82) is 0 Å². The molecule has 112 valence electrons. The zero-order valence-electron chi connectivity index (χ0n) is 13.2. The van der Waals surface area contributed by atoms with Crippen molar-refractivity contribution in [3.8, 4) is 0 Å². The Hall–Kier alpha value is -1.52. The topological polar surface area (TPSA) is 19.4 Å². The average Bonchev–Trinajstić information content (AvgIpc) is 2.47. The van der Waals surface area contributed by atoms with Crippen LogP contribution in [0, 0.1) is 0 Å². The van der Waals surface area contributed by atoms with Gasteiger partial charge in [0.15, 0.2) is 0 Å². The van der Waals surface area contributed by atoms with Gasteiger partial charge in [0, 0.05) is 38.3 Å². The summed E-state index contributed by atoms with van der Waals surface area (Å²) in [6.07, 6.45) is 4.07. The third-order valence-corrected chi connectivity index (χ3v) is 4.03. The van der Waals surface area contributed by atoms with Gasteiger partial charge in [-0.3, -0.25) is 4.90 Å². The van der Waals surface area contributed by atoms with Crippen molar-refractivity contribution in [2.45, 2.75) is 18.0 Å². The molecule has 2 rings (SSSR count). The van der Waals surface area contributed by atoms with Crippen LogP contribution < -0.4 is 4.90 Å². The lowest BCUT2D eigenvalue weighted by Gasteiger charge is -2.18. The summed E-state index contributed by atoms with van der Waals surface area (Å²) in [5.41, 5.74) is 2.59. The summed E-state index contributed by atoms with van der Waals surface area (Å²) in [6.45, 7) is 1.86. The van der Waals surface area contributed by atoms with E-state index in [0.717, 1.165) is 18.9 Å². The Morgan fingerprint density at radius 1 is 1.00 bits per heavy atom. The van der Waals surface area contributed by atoms with E-state index in [9.17, 15) is 0 Å². The SMILES string of the molecule is CSc1cccc(CN(C)Cc2ccc(N(C)C)nc2)c1. The first kappa shape index (κ1) is 15.9. The molecule has 3 nitrogen and oxygen atoms in total. The van der Waals surface area contributed by atoms with Crippen molar-refractivity contribution in [2.24, 2.45) is 0 Å². The maximum atomic E-state index is 4.46. The van der Waals surface area contributed by atoms with Crippen molar-refractivity contribution in [2.75, 3.05) is 32.3 Å². The lowest BCUT2D eigenvalue weighted by molar-refractivity contribution is 0.318. The van der Waals surface area contributed by atoms with Crippen molar-refractivity contribution in [3.63, 3.8) is 0 Å². The van der Waals surface area contributed by atoms with E-state index in [1.807, 2.05) is 25.2 Å².